The maximum absolute atomic E-state index is 12.6. The summed E-state index contributed by atoms with van der Waals surface area (Å²) in [6.45, 7) is 4.90. The van der Waals surface area contributed by atoms with Crippen molar-refractivity contribution in [2.24, 2.45) is 5.92 Å². The van der Waals surface area contributed by atoms with Gasteiger partial charge in [-0.05, 0) is 44.0 Å². The van der Waals surface area contributed by atoms with E-state index in [4.69, 9.17) is 5.11 Å². The van der Waals surface area contributed by atoms with E-state index in [1.165, 1.54) is 0 Å². The number of carboxylic acid groups (broad SMARTS) is 1. The van der Waals surface area contributed by atoms with E-state index in [0.29, 0.717) is 12.3 Å². The van der Waals surface area contributed by atoms with Crippen LogP contribution in [0.3, 0.4) is 0 Å². The number of anilines is 1. The van der Waals surface area contributed by atoms with Gasteiger partial charge in [0, 0.05) is 50.7 Å². The number of piperidine rings is 1. The first-order chi connectivity index (χ1) is 12.1. The number of hydrogen-bond acceptors (Lipinski definition) is 5. The third kappa shape index (κ3) is 4.92. The van der Waals surface area contributed by atoms with E-state index in [1.54, 1.807) is 12.4 Å². The average Bonchev–Trinajstić information content (AvgIpc) is 2.64. The number of amides is 1. The minimum atomic E-state index is -0.776. The molecule has 0 spiro atoms. The van der Waals surface area contributed by atoms with Crippen LogP contribution in [0.4, 0.5) is 5.69 Å². The van der Waals surface area contributed by atoms with E-state index in [1.807, 2.05) is 21.9 Å². The number of carbonyl (C=O) groups excluding carboxylic acids is 1. The first-order valence-electron chi connectivity index (χ1n) is 8.98. The highest BCUT2D eigenvalue weighted by molar-refractivity contribution is 5.76. The van der Waals surface area contributed by atoms with Crippen LogP contribution in [0, 0.1) is 5.92 Å². The van der Waals surface area contributed by atoms with Gasteiger partial charge in [0.05, 0.1) is 6.54 Å². The molecule has 0 saturated carbocycles. The predicted octanol–water partition coefficient (Wildman–Crippen LogP) is 0.917. The van der Waals surface area contributed by atoms with Crippen molar-refractivity contribution in [1.29, 1.82) is 0 Å². The third-order valence-electron chi connectivity index (χ3n) is 5.19. The van der Waals surface area contributed by atoms with Gasteiger partial charge >= 0.3 is 5.97 Å². The molecule has 3 rings (SSSR count). The molecule has 1 amide bonds. The normalized spacial score (nSPS) is 19.8. The molecule has 136 valence electrons. The molecule has 2 saturated heterocycles. The number of nitrogens with zero attached hydrogens (tertiary/aromatic N) is 4. The van der Waals surface area contributed by atoms with Gasteiger partial charge in [-0.3, -0.25) is 19.5 Å². The van der Waals surface area contributed by atoms with Crippen molar-refractivity contribution in [2.75, 3.05) is 50.7 Å². The van der Waals surface area contributed by atoms with Crippen LogP contribution in [0.5, 0.6) is 0 Å². The number of aromatic nitrogens is 1. The van der Waals surface area contributed by atoms with E-state index >= 15 is 0 Å². The van der Waals surface area contributed by atoms with Gasteiger partial charge in [0.1, 0.15) is 0 Å². The van der Waals surface area contributed by atoms with Gasteiger partial charge in [-0.25, -0.2) is 0 Å². The minimum Gasteiger partial charge on any atom is -0.480 e. The second kappa shape index (κ2) is 8.29. The Labute approximate surface area is 148 Å². The second-order valence-electron chi connectivity index (χ2n) is 6.89. The summed E-state index contributed by atoms with van der Waals surface area (Å²) in [7, 11) is 0. The Hall–Kier alpha value is -2.15. The second-order valence-corrected chi connectivity index (χ2v) is 6.89. The topological polar surface area (TPSA) is 77.0 Å². The lowest BCUT2D eigenvalue weighted by atomic mass is 9.93. The minimum absolute atomic E-state index is 0.109. The van der Waals surface area contributed by atoms with Crippen LogP contribution in [0.2, 0.25) is 0 Å². The Balaban J connectivity index is 1.41. The van der Waals surface area contributed by atoms with Crippen LogP contribution in [0.15, 0.2) is 24.5 Å². The van der Waals surface area contributed by atoms with Crippen LogP contribution >= 0.6 is 0 Å². The fourth-order valence-corrected chi connectivity index (χ4v) is 3.68. The molecule has 3 heterocycles. The summed E-state index contributed by atoms with van der Waals surface area (Å²) in [5.74, 6) is -0.150. The molecule has 0 radical (unpaired) electrons. The first-order valence-corrected chi connectivity index (χ1v) is 8.98. The number of pyridine rings is 1. The molecule has 0 aliphatic carbocycles. The smallest absolute Gasteiger partial charge is 0.317 e. The molecule has 2 aliphatic heterocycles. The van der Waals surface area contributed by atoms with Crippen molar-refractivity contribution in [1.82, 2.24) is 14.8 Å². The molecule has 2 fully saturated rings. The van der Waals surface area contributed by atoms with Crippen molar-refractivity contribution in [2.45, 2.75) is 19.3 Å². The highest BCUT2D eigenvalue weighted by Crippen LogP contribution is 2.22. The van der Waals surface area contributed by atoms with Crippen molar-refractivity contribution in [3.8, 4) is 0 Å². The Bertz CT molecular complexity index is 579. The first kappa shape index (κ1) is 17.7. The molecular weight excluding hydrogens is 320 g/mol. The summed E-state index contributed by atoms with van der Waals surface area (Å²) in [5, 5.41) is 8.84. The molecule has 2 aliphatic rings. The number of likely N-dealkylation sites (tertiary alicyclic amines) is 1. The number of hydrogen-bond donors (Lipinski definition) is 1. The summed E-state index contributed by atoms with van der Waals surface area (Å²) in [4.78, 5) is 33.6. The molecule has 0 atom stereocenters. The molecule has 0 bridgehead atoms. The van der Waals surface area contributed by atoms with E-state index in [-0.39, 0.29) is 12.5 Å². The molecule has 1 aromatic heterocycles. The fraction of sp³-hybridized carbons (Fsp3) is 0.611. The fourth-order valence-electron chi connectivity index (χ4n) is 3.68. The molecule has 1 aromatic rings. The lowest BCUT2D eigenvalue weighted by Crippen LogP contribution is -2.49. The van der Waals surface area contributed by atoms with Gasteiger partial charge in [-0.1, -0.05) is 0 Å². The molecule has 7 nitrogen and oxygen atoms in total. The standard InChI is InChI=1S/C18H26N4O3/c23-17(13-15-3-7-20(8-4-15)14-18(24)25)22-11-9-21(10-12-22)16-1-5-19-6-2-16/h1-2,5-6,15H,3-4,7-14H2,(H,24,25). The largest absolute Gasteiger partial charge is 0.480 e. The number of carbonyl (C=O) groups is 2. The van der Waals surface area contributed by atoms with E-state index in [0.717, 1.165) is 57.8 Å². The van der Waals surface area contributed by atoms with E-state index in [2.05, 4.69) is 9.88 Å². The average molecular weight is 346 g/mol. The van der Waals surface area contributed by atoms with E-state index < -0.39 is 5.97 Å². The Morgan fingerprint density at radius 2 is 1.68 bits per heavy atom. The predicted molar refractivity (Wildman–Crippen MR) is 94.4 cm³/mol. The lowest BCUT2D eigenvalue weighted by Gasteiger charge is -2.37. The van der Waals surface area contributed by atoms with Gasteiger partial charge < -0.3 is 14.9 Å². The van der Waals surface area contributed by atoms with Crippen molar-refractivity contribution in [3.63, 3.8) is 0 Å². The van der Waals surface area contributed by atoms with Crippen LogP contribution in [0.25, 0.3) is 0 Å². The summed E-state index contributed by atoms with van der Waals surface area (Å²) < 4.78 is 0. The maximum atomic E-state index is 12.6. The molecule has 1 N–H and O–H groups in total. The number of rotatable bonds is 5. The molecular formula is C18H26N4O3. The highest BCUT2D eigenvalue weighted by Gasteiger charge is 2.26. The van der Waals surface area contributed by atoms with Crippen LogP contribution in [-0.4, -0.2) is 77.6 Å². The molecule has 0 unspecified atom stereocenters. The van der Waals surface area contributed by atoms with Gasteiger partial charge in [0.2, 0.25) is 5.91 Å². The van der Waals surface area contributed by atoms with Crippen molar-refractivity contribution < 1.29 is 14.7 Å². The van der Waals surface area contributed by atoms with Gasteiger partial charge in [-0.2, -0.15) is 0 Å². The summed E-state index contributed by atoms with van der Waals surface area (Å²) in [6.07, 6.45) is 6.01. The third-order valence-corrected chi connectivity index (χ3v) is 5.19. The number of piperazine rings is 1. The van der Waals surface area contributed by atoms with Crippen LogP contribution < -0.4 is 4.90 Å². The van der Waals surface area contributed by atoms with Crippen LogP contribution in [0.1, 0.15) is 19.3 Å². The molecule has 7 heteroatoms. The molecule has 25 heavy (non-hydrogen) atoms. The van der Waals surface area contributed by atoms with Gasteiger partial charge in [-0.15, -0.1) is 0 Å². The number of carboxylic acids is 1. The highest BCUT2D eigenvalue weighted by atomic mass is 16.4. The Kier molecular flexibility index (Phi) is 5.86. The summed E-state index contributed by atoms with van der Waals surface area (Å²) >= 11 is 0. The van der Waals surface area contributed by atoms with Crippen LogP contribution in [-0.2, 0) is 9.59 Å². The van der Waals surface area contributed by atoms with Crippen molar-refractivity contribution in [3.05, 3.63) is 24.5 Å². The zero-order valence-corrected chi connectivity index (χ0v) is 14.5. The van der Waals surface area contributed by atoms with Gasteiger partial charge in [0.15, 0.2) is 0 Å². The maximum Gasteiger partial charge on any atom is 0.317 e. The SMILES string of the molecule is O=C(O)CN1CCC(CC(=O)N2CCN(c3ccncc3)CC2)CC1. The number of aliphatic carboxylic acids is 1. The molecule has 0 aromatic carbocycles. The monoisotopic (exact) mass is 346 g/mol. The summed E-state index contributed by atoms with van der Waals surface area (Å²) in [5.41, 5.74) is 1.16. The zero-order valence-electron chi connectivity index (χ0n) is 14.5. The van der Waals surface area contributed by atoms with E-state index in [9.17, 15) is 9.59 Å². The zero-order chi connectivity index (χ0) is 17.6. The van der Waals surface area contributed by atoms with Crippen molar-refractivity contribution >= 4 is 17.6 Å². The Morgan fingerprint density at radius 1 is 1.04 bits per heavy atom. The quantitative estimate of drug-likeness (QED) is 0.854. The van der Waals surface area contributed by atoms with Gasteiger partial charge in [0.25, 0.3) is 0 Å². The Morgan fingerprint density at radius 3 is 2.28 bits per heavy atom. The lowest BCUT2D eigenvalue weighted by molar-refractivity contribution is -0.139. The summed E-state index contributed by atoms with van der Waals surface area (Å²) in [6, 6.07) is 4.00.